The van der Waals surface area contributed by atoms with Gasteiger partial charge >= 0.3 is 0 Å². The Hall–Kier alpha value is -1.35. The highest BCUT2D eigenvalue weighted by molar-refractivity contribution is 6.08. The molecule has 0 bridgehead atoms. The number of nitrogens with one attached hydrogen (secondary N) is 2. The number of amides is 2. The quantitative estimate of drug-likeness (QED) is 0.338. The number of rotatable bonds is 12. The van der Waals surface area contributed by atoms with Crippen molar-refractivity contribution in [1.29, 1.82) is 5.41 Å². The average Bonchev–Trinajstić information content (AvgIpc) is 3.11. The second-order valence-electron chi connectivity index (χ2n) is 8.66. The van der Waals surface area contributed by atoms with Crippen LogP contribution in [0, 0.1) is 22.2 Å². The van der Waals surface area contributed by atoms with E-state index in [1.165, 1.54) is 0 Å². The molecule has 0 aromatic rings. The number of ether oxygens (including phenoxy) is 3. The minimum Gasteiger partial charge on any atom is -0.392 e. The Bertz CT molecular complexity index is 541. The summed E-state index contributed by atoms with van der Waals surface area (Å²) in [6, 6.07) is 0. The van der Waals surface area contributed by atoms with Crippen LogP contribution < -0.4 is 5.32 Å². The Morgan fingerprint density at radius 1 is 1.29 bits per heavy atom. The van der Waals surface area contributed by atoms with Crippen LogP contribution in [0.1, 0.15) is 47.0 Å². The fraction of sp³-hybridized carbons (Fsp3) is 0.850. The first-order valence-corrected chi connectivity index (χ1v) is 9.75. The number of aliphatic hydroxyl groups excluding tert-OH is 1. The normalized spacial score (nSPS) is 18.7. The third kappa shape index (κ3) is 7.58. The summed E-state index contributed by atoms with van der Waals surface area (Å²) in [5.41, 5.74) is -1.57. The van der Waals surface area contributed by atoms with Crippen molar-refractivity contribution in [3.05, 3.63) is 0 Å². The molecule has 1 heterocycles. The van der Waals surface area contributed by atoms with Gasteiger partial charge in [-0.2, -0.15) is 0 Å². The van der Waals surface area contributed by atoms with E-state index in [4.69, 9.17) is 19.6 Å². The zero-order chi connectivity index (χ0) is 21.4. The number of hydrogen-bond acceptors (Lipinski definition) is 7. The molecule has 2 unspecified atom stereocenters. The molecule has 0 aromatic heterocycles. The molecule has 1 aliphatic heterocycles. The maximum atomic E-state index is 12.5. The molecule has 1 aliphatic rings. The molecule has 0 saturated carbocycles. The van der Waals surface area contributed by atoms with E-state index in [0.717, 1.165) is 6.42 Å². The van der Waals surface area contributed by atoms with Crippen molar-refractivity contribution in [2.75, 3.05) is 40.1 Å². The lowest BCUT2D eigenvalue weighted by Gasteiger charge is -2.30. The van der Waals surface area contributed by atoms with Crippen LogP contribution in [0.25, 0.3) is 0 Å². The number of carbonyl (C=O) groups excluding carboxylic acids is 2. The molecule has 8 nitrogen and oxygen atoms in total. The van der Waals surface area contributed by atoms with Crippen molar-refractivity contribution in [2.45, 2.75) is 53.1 Å². The summed E-state index contributed by atoms with van der Waals surface area (Å²) in [6.07, 6.45) is 0.245. The zero-order valence-electron chi connectivity index (χ0n) is 17.8. The van der Waals surface area contributed by atoms with Gasteiger partial charge in [-0.05, 0) is 32.6 Å². The predicted octanol–water partition coefficient (Wildman–Crippen LogP) is 1.54. The number of aliphatic hydroxyl groups is 1. The topological polar surface area (TPSA) is 118 Å². The molecule has 0 aromatic carbocycles. The van der Waals surface area contributed by atoms with Gasteiger partial charge in [-0.15, -0.1) is 0 Å². The van der Waals surface area contributed by atoms with E-state index in [1.54, 1.807) is 21.0 Å². The molecular weight excluding hydrogens is 364 g/mol. The highest BCUT2D eigenvalue weighted by atomic mass is 16.5. The molecule has 3 N–H and O–H groups in total. The molecule has 162 valence electrons. The van der Waals surface area contributed by atoms with Gasteiger partial charge in [0.2, 0.25) is 11.8 Å². The number of carbonyl (C=O) groups is 2. The van der Waals surface area contributed by atoms with Gasteiger partial charge < -0.3 is 24.7 Å². The van der Waals surface area contributed by atoms with Gasteiger partial charge in [0.1, 0.15) is 0 Å². The molecule has 1 saturated heterocycles. The Kier molecular flexibility index (Phi) is 9.69. The Labute approximate surface area is 167 Å². The van der Waals surface area contributed by atoms with Crippen molar-refractivity contribution in [3.63, 3.8) is 0 Å². The summed E-state index contributed by atoms with van der Waals surface area (Å²) in [7, 11) is 1.58. The summed E-state index contributed by atoms with van der Waals surface area (Å²) in [6.45, 7) is 9.29. The van der Waals surface area contributed by atoms with Gasteiger partial charge in [0.25, 0.3) is 0 Å². The molecule has 8 heteroatoms. The number of methoxy groups -OCH3 is 1. The van der Waals surface area contributed by atoms with E-state index >= 15 is 0 Å². The SMILES string of the molecule is COCCOCC(C)(C)C(=N)CC(=O)NC(=O)C(C)(C)C(O)CC1CCOC1. The van der Waals surface area contributed by atoms with Crippen LogP contribution in [0.5, 0.6) is 0 Å². The third-order valence-corrected chi connectivity index (χ3v) is 5.30. The minimum absolute atomic E-state index is 0.177. The van der Waals surface area contributed by atoms with Crippen molar-refractivity contribution in [1.82, 2.24) is 5.32 Å². The van der Waals surface area contributed by atoms with E-state index in [9.17, 15) is 14.7 Å². The molecule has 28 heavy (non-hydrogen) atoms. The molecule has 0 aliphatic carbocycles. The van der Waals surface area contributed by atoms with Crippen LogP contribution >= 0.6 is 0 Å². The van der Waals surface area contributed by atoms with E-state index in [1.807, 2.05) is 13.8 Å². The highest BCUT2D eigenvalue weighted by Crippen LogP contribution is 2.29. The van der Waals surface area contributed by atoms with Crippen LogP contribution in [0.15, 0.2) is 0 Å². The van der Waals surface area contributed by atoms with Crippen LogP contribution in [0.2, 0.25) is 0 Å². The van der Waals surface area contributed by atoms with Gasteiger partial charge in [-0.3, -0.25) is 14.9 Å². The van der Waals surface area contributed by atoms with E-state index in [2.05, 4.69) is 5.32 Å². The average molecular weight is 401 g/mol. The van der Waals surface area contributed by atoms with Crippen molar-refractivity contribution < 1.29 is 28.9 Å². The fourth-order valence-electron chi connectivity index (χ4n) is 2.82. The first-order chi connectivity index (χ1) is 13.0. The molecular formula is C20H36N2O6. The summed E-state index contributed by atoms with van der Waals surface area (Å²) >= 11 is 0. The first-order valence-electron chi connectivity index (χ1n) is 9.75. The first kappa shape index (κ1) is 24.7. The van der Waals surface area contributed by atoms with Crippen molar-refractivity contribution in [3.8, 4) is 0 Å². The summed E-state index contributed by atoms with van der Waals surface area (Å²) in [4.78, 5) is 24.8. The van der Waals surface area contributed by atoms with E-state index in [0.29, 0.717) is 32.8 Å². The number of hydrogen-bond donors (Lipinski definition) is 3. The molecule has 2 atom stereocenters. The lowest BCUT2D eigenvalue weighted by atomic mass is 9.80. The van der Waals surface area contributed by atoms with Gasteiger partial charge in [0, 0.05) is 31.5 Å². The summed E-state index contributed by atoms with van der Waals surface area (Å²) in [5, 5.41) is 21.0. The fourth-order valence-corrected chi connectivity index (χ4v) is 2.82. The van der Waals surface area contributed by atoms with E-state index < -0.39 is 28.7 Å². The second-order valence-corrected chi connectivity index (χ2v) is 8.66. The monoisotopic (exact) mass is 400 g/mol. The van der Waals surface area contributed by atoms with Crippen LogP contribution in [0.4, 0.5) is 0 Å². The lowest BCUT2D eigenvalue weighted by molar-refractivity contribution is -0.140. The van der Waals surface area contributed by atoms with Crippen LogP contribution in [0.3, 0.4) is 0 Å². The minimum atomic E-state index is -1.11. The number of imide groups is 1. The molecule has 1 fully saturated rings. The van der Waals surface area contributed by atoms with Gasteiger partial charge in [-0.1, -0.05) is 13.8 Å². The molecule has 0 spiro atoms. The van der Waals surface area contributed by atoms with Gasteiger partial charge in [-0.25, -0.2) is 0 Å². The lowest BCUT2D eigenvalue weighted by Crippen LogP contribution is -2.48. The third-order valence-electron chi connectivity index (χ3n) is 5.30. The van der Waals surface area contributed by atoms with Crippen molar-refractivity contribution >= 4 is 17.5 Å². The Morgan fingerprint density at radius 3 is 2.54 bits per heavy atom. The van der Waals surface area contributed by atoms with Crippen molar-refractivity contribution in [2.24, 2.45) is 16.7 Å². The maximum absolute atomic E-state index is 12.5. The summed E-state index contributed by atoms with van der Waals surface area (Å²) < 4.78 is 15.7. The Balaban J connectivity index is 2.50. The zero-order valence-corrected chi connectivity index (χ0v) is 17.8. The molecule has 2 amide bonds. The molecule has 1 rings (SSSR count). The predicted molar refractivity (Wildman–Crippen MR) is 105 cm³/mol. The van der Waals surface area contributed by atoms with E-state index in [-0.39, 0.29) is 24.7 Å². The van der Waals surface area contributed by atoms with Gasteiger partial charge in [0.05, 0.1) is 37.8 Å². The Morgan fingerprint density at radius 2 is 1.96 bits per heavy atom. The van der Waals surface area contributed by atoms with Crippen LogP contribution in [-0.4, -0.2) is 68.9 Å². The van der Waals surface area contributed by atoms with Crippen LogP contribution in [-0.2, 0) is 23.8 Å². The standard InChI is InChI=1S/C20H36N2O6/c1-19(2,13-28-9-8-26-5)15(21)11-17(24)22-18(25)20(3,4)16(23)10-14-6-7-27-12-14/h14,16,21,23H,6-13H2,1-5H3,(H,22,24,25). The smallest absolute Gasteiger partial charge is 0.234 e. The van der Waals surface area contributed by atoms with Gasteiger partial charge in [0.15, 0.2) is 0 Å². The highest BCUT2D eigenvalue weighted by Gasteiger charge is 2.38. The summed E-state index contributed by atoms with van der Waals surface area (Å²) in [5.74, 6) is -0.861. The second kappa shape index (κ2) is 11.0. The maximum Gasteiger partial charge on any atom is 0.234 e. The largest absolute Gasteiger partial charge is 0.392 e. The molecule has 0 radical (unpaired) electrons.